The van der Waals surface area contributed by atoms with Crippen LogP contribution in [0.4, 0.5) is 0 Å². The molecule has 0 unspecified atom stereocenters. The first-order valence-electron chi connectivity index (χ1n) is 8.17. The fourth-order valence-corrected chi connectivity index (χ4v) is 3.81. The largest absolute Gasteiger partial charge is 0.496 e. The summed E-state index contributed by atoms with van der Waals surface area (Å²) in [6, 6.07) is 14.0. The number of para-hydroxylation sites is 1. The number of nitrogens with zero attached hydrogens (tertiary/aromatic N) is 1. The number of carbonyl (C=O) groups excluding carboxylic acids is 1. The number of methoxy groups -OCH3 is 1. The lowest BCUT2D eigenvalue weighted by atomic mass is 10.1. The molecule has 128 valence electrons. The van der Waals surface area contributed by atoms with Crippen LogP contribution in [0.3, 0.4) is 0 Å². The summed E-state index contributed by atoms with van der Waals surface area (Å²) < 4.78 is 5.44. The van der Waals surface area contributed by atoms with Crippen molar-refractivity contribution in [2.24, 2.45) is 0 Å². The molecule has 25 heavy (non-hydrogen) atoms. The number of pyridine rings is 1. The van der Waals surface area contributed by atoms with Gasteiger partial charge in [-0.05, 0) is 56.2 Å². The predicted molar refractivity (Wildman–Crippen MR) is 104 cm³/mol. The minimum atomic E-state index is 0.0594. The second-order valence-corrected chi connectivity index (χ2v) is 7.12. The highest BCUT2D eigenvalue weighted by atomic mass is 32.2. The molecule has 0 spiro atoms. The van der Waals surface area contributed by atoms with Gasteiger partial charge < -0.3 is 4.74 Å². The maximum absolute atomic E-state index is 11.6. The van der Waals surface area contributed by atoms with Crippen LogP contribution in [-0.2, 0) is 5.75 Å². The smallest absolute Gasteiger partial charge is 0.159 e. The number of Topliss-reactive ketones (excluding diaryl/α,β-unsaturated/α-hetero) is 1. The van der Waals surface area contributed by atoms with Crippen molar-refractivity contribution in [1.82, 2.24) is 4.98 Å². The van der Waals surface area contributed by atoms with Gasteiger partial charge in [0.2, 0.25) is 0 Å². The lowest BCUT2D eigenvalue weighted by molar-refractivity contribution is 0.101. The second kappa shape index (κ2) is 7.28. The topological polar surface area (TPSA) is 39.2 Å². The summed E-state index contributed by atoms with van der Waals surface area (Å²) >= 11 is 1.66. The maximum Gasteiger partial charge on any atom is 0.159 e. The second-order valence-electron chi connectivity index (χ2n) is 6.12. The summed E-state index contributed by atoms with van der Waals surface area (Å²) in [6.45, 7) is 5.78. The molecular formula is C21H21NO2S. The minimum Gasteiger partial charge on any atom is -0.496 e. The molecule has 0 atom stereocenters. The number of hydrogen-bond acceptors (Lipinski definition) is 4. The molecule has 1 heterocycles. The lowest BCUT2D eigenvalue weighted by Crippen LogP contribution is -1.97. The summed E-state index contributed by atoms with van der Waals surface area (Å²) in [6.07, 6.45) is 0. The van der Waals surface area contributed by atoms with Gasteiger partial charge in [0.1, 0.15) is 5.75 Å². The van der Waals surface area contributed by atoms with Gasteiger partial charge in [-0.15, -0.1) is 11.8 Å². The number of aromatic nitrogens is 1. The summed E-state index contributed by atoms with van der Waals surface area (Å²) in [4.78, 5) is 16.5. The molecule has 0 aliphatic rings. The molecule has 0 N–H and O–H groups in total. The first kappa shape index (κ1) is 17.5. The quantitative estimate of drug-likeness (QED) is 0.458. The van der Waals surface area contributed by atoms with Crippen molar-refractivity contribution in [3.8, 4) is 5.75 Å². The number of aryl methyl sites for hydroxylation is 2. The van der Waals surface area contributed by atoms with Crippen LogP contribution in [-0.4, -0.2) is 17.9 Å². The molecule has 0 amide bonds. The fourth-order valence-electron chi connectivity index (χ4n) is 2.87. The number of hydrogen-bond donors (Lipinski definition) is 0. The minimum absolute atomic E-state index is 0.0594. The molecule has 0 aliphatic carbocycles. The lowest BCUT2D eigenvalue weighted by Gasteiger charge is -2.11. The Bertz CT molecular complexity index is 950. The zero-order chi connectivity index (χ0) is 18.0. The van der Waals surface area contributed by atoms with Gasteiger partial charge in [0.05, 0.1) is 17.7 Å². The van der Waals surface area contributed by atoms with Gasteiger partial charge in [-0.3, -0.25) is 4.79 Å². The molecule has 3 rings (SSSR count). The van der Waals surface area contributed by atoms with Crippen LogP contribution in [0.25, 0.3) is 10.9 Å². The van der Waals surface area contributed by atoms with Crippen LogP contribution >= 0.6 is 11.8 Å². The molecular weight excluding hydrogens is 330 g/mol. The Morgan fingerprint density at radius 2 is 1.92 bits per heavy atom. The van der Waals surface area contributed by atoms with E-state index in [9.17, 15) is 4.79 Å². The Labute approximate surface area is 152 Å². The van der Waals surface area contributed by atoms with Crippen molar-refractivity contribution in [3.05, 3.63) is 64.7 Å². The van der Waals surface area contributed by atoms with Crippen molar-refractivity contribution >= 4 is 28.4 Å². The third-order valence-electron chi connectivity index (χ3n) is 4.29. The van der Waals surface area contributed by atoms with Gasteiger partial charge in [-0.2, -0.15) is 0 Å². The van der Waals surface area contributed by atoms with Crippen molar-refractivity contribution < 1.29 is 9.53 Å². The van der Waals surface area contributed by atoms with Crippen molar-refractivity contribution in [2.45, 2.75) is 31.6 Å². The summed E-state index contributed by atoms with van der Waals surface area (Å²) in [5.41, 5.74) is 5.16. The number of carbonyl (C=O) groups is 1. The van der Waals surface area contributed by atoms with Crippen molar-refractivity contribution in [2.75, 3.05) is 7.11 Å². The zero-order valence-electron chi connectivity index (χ0n) is 14.9. The average molecular weight is 351 g/mol. The molecule has 1 aromatic heterocycles. The van der Waals surface area contributed by atoms with E-state index in [2.05, 4.69) is 38.1 Å². The highest BCUT2D eigenvalue weighted by Crippen LogP contribution is 2.31. The van der Waals surface area contributed by atoms with E-state index in [0.29, 0.717) is 11.3 Å². The third kappa shape index (κ3) is 3.69. The SMILES string of the molecule is COc1ccc(C(C)=O)cc1CSc1cc(C)c2cccc(C)c2n1. The van der Waals surface area contributed by atoms with Gasteiger partial charge in [-0.1, -0.05) is 18.2 Å². The number of fused-ring (bicyclic) bond motifs is 1. The number of rotatable bonds is 5. The van der Waals surface area contributed by atoms with Crippen LogP contribution in [0.15, 0.2) is 47.5 Å². The summed E-state index contributed by atoms with van der Waals surface area (Å²) in [5, 5.41) is 2.18. The zero-order valence-corrected chi connectivity index (χ0v) is 15.7. The number of ether oxygens (including phenoxy) is 1. The van der Waals surface area contributed by atoms with E-state index in [1.54, 1.807) is 31.9 Å². The molecule has 0 bridgehead atoms. The van der Waals surface area contributed by atoms with Crippen molar-refractivity contribution in [1.29, 1.82) is 0 Å². The number of thioether (sulfide) groups is 1. The molecule has 0 saturated carbocycles. The van der Waals surface area contributed by atoms with Gasteiger partial charge in [0.15, 0.2) is 5.78 Å². The average Bonchev–Trinajstić information content (AvgIpc) is 2.60. The monoisotopic (exact) mass is 351 g/mol. The predicted octanol–water partition coefficient (Wildman–Crippen LogP) is 5.36. The van der Waals surface area contributed by atoms with E-state index >= 15 is 0 Å². The van der Waals surface area contributed by atoms with E-state index in [1.807, 2.05) is 12.1 Å². The first-order valence-corrected chi connectivity index (χ1v) is 9.16. The number of benzene rings is 2. The van der Waals surface area contributed by atoms with Gasteiger partial charge >= 0.3 is 0 Å². The van der Waals surface area contributed by atoms with Crippen molar-refractivity contribution in [3.63, 3.8) is 0 Å². The molecule has 4 heteroatoms. The third-order valence-corrected chi connectivity index (χ3v) is 5.25. The highest BCUT2D eigenvalue weighted by molar-refractivity contribution is 7.98. The Morgan fingerprint density at radius 3 is 2.64 bits per heavy atom. The number of ketones is 1. The van der Waals surface area contributed by atoms with E-state index in [1.165, 1.54) is 16.5 Å². The Kier molecular flexibility index (Phi) is 5.09. The van der Waals surface area contributed by atoms with Gasteiger partial charge in [0, 0.05) is 22.3 Å². The molecule has 0 fully saturated rings. The van der Waals surface area contributed by atoms with Crippen LogP contribution in [0.2, 0.25) is 0 Å². The Morgan fingerprint density at radius 1 is 1.12 bits per heavy atom. The van der Waals surface area contributed by atoms with Gasteiger partial charge in [-0.25, -0.2) is 4.98 Å². The molecule has 2 aromatic carbocycles. The van der Waals surface area contributed by atoms with E-state index < -0.39 is 0 Å². The maximum atomic E-state index is 11.6. The summed E-state index contributed by atoms with van der Waals surface area (Å²) in [5.74, 6) is 1.56. The molecule has 0 aliphatic heterocycles. The normalized spacial score (nSPS) is 10.9. The van der Waals surface area contributed by atoms with Gasteiger partial charge in [0.25, 0.3) is 0 Å². The van der Waals surface area contributed by atoms with E-state index in [-0.39, 0.29) is 5.78 Å². The van der Waals surface area contributed by atoms with E-state index in [0.717, 1.165) is 21.9 Å². The van der Waals surface area contributed by atoms with Crippen LogP contribution in [0, 0.1) is 13.8 Å². The van der Waals surface area contributed by atoms with E-state index in [4.69, 9.17) is 9.72 Å². The molecule has 3 aromatic rings. The summed E-state index contributed by atoms with van der Waals surface area (Å²) in [7, 11) is 1.65. The molecule has 0 saturated heterocycles. The molecule has 3 nitrogen and oxygen atoms in total. The standard InChI is InChI=1S/C21H21NO2S/c1-13-6-5-7-18-14(2)10-20(22-21(13)18)25-12-17-11-16(15(3)23)8-9-19(17)24-4/h5-11H,12H2,1-4H3. The van der Waals surface area contributed by atoms with Crippen LogP contribution in [0.5, 0.6) is 5.75 Å². The first-order chi connectivity index (χ1) is 12.0. The van der Waals surface area contributed by atoms with Crippen LogP contribution < -0.4 is 4.74 Å². The fraction of sp³-hybridized carbons (Fsp3) is 0.238. The van der Waals surface area contributed by atoms with Crippen LogP contribution in [0.1, 0.15) is 34.0 Å². The highest BCUT2D eigenvalue weighted by Gasteiger charge is 2.10. The Hall–Kier alpha value is -2.33. The Balaban J connectivity index is 1.91. The molecule has 0 radical (unpaired) electrons.